The first-order valence-corrected chi connectivity index (χ1v) is 15.6. The zero-order valence-corrected chi connectivity index (χ0v) is 25.3. The molecule has 2 saturated heterocycles. The molecule has 4 amide bonds. The average Bonchev–Trinajstić information content (AvgIpc) is 3.01. The Balaban J connectivity index is 1.27. The number of rotatable bonds is 6. The third-order valence-electron chi connectivity index (χ3n) is 8.95. The number of nitrogens with one attached hydrogen (secondary N) is 4. The SMILES string of the molecule is CC(=O)Nc1ccc(NC(=O)CN2CC[C@@H]3NC(=O)[C@H](Cc4ccccc4)NC(=O)C4(C/C=C/C[C@@H]3C2)CCOCC4)cc1. The standard InChI is InChI=1S/C34H43N5O5/c1-24(40)35-27-10-12-28(13-11-27)36-31(41)23-39-18-14-29-26(22-39)9-5-6-15-34(16-19-44-20-17-34)33(43)38-30(32(42)37-29)21-25-7-3-2-4-8-25/h2-8,10-13,26,29-30H,9,14-23H2,1H3,(H,35,40)(H,36,41)(H,37,42)(H,38,43)/b6-5+/t26-,29+,30+/m1/s1. The minimum Gasteiger partial charge on any atom is -0.381 e. The zero-order valence-electron chi connectivity index (χ0n) is 25.3. The van der Waals surface area contributed by atoms with E-state index in [0.29, 0.717) is 69.8 Å². The van der Waals surface area contributed by atoms with E-state index in [4.69, 9.17) is 4.74 Å². The number of carbonyl (C=O) groups excluding carboxylic acids is 4. The highest BCUT2D eigenvalue weighted by Crippen LogP contribution is 2.36. The number of allylic oxidation sites excluding steroid dienone is 2. The molecule has 3 aliphatic rings. The molecule has 0 aliphatic carbocycles. The van der Waals surface area contributed by atoms with E-state index in [1.165, 1.54) is 6.92 Å². The Morgan fingerprint density at radius 3 is 2.36 bits per heavy atom. The topological polar surface area (TPSA) is 129 Å². The number of carbonyl (C=O) groups is 4. The summed E-state index contributed by atoms with van der Waals surface area (Å²) in [6.45, 7) is 4.07. The molecule has 2 fully saturated rings. The van der Waals surface area contributed by atoms with Crippen LogP contribution in [0.3, 0.4) is 0 Å². The van der Waals surface area contributed by atoms with Crippen LogP contribution in [0.4, 0.5) is 11.4 Å². The van der Waals surface area contributed by atoms with Crippen molar-refractivity contribution in [3.8, 4) is 0 Å². The molecule has 2 aromatic rings. The summed E-state index contributed by atoms with van der Waals surface area (Å²) in [5, 5.41) is 12.1. The molecule has 5 rings (SSSR count). The number of fused-ring (bicyclic) bond motifs is 1. The number of piperidine rings is 1. The Hall–Kier alpha value is -4.02. The molecular weight excluding hydrogens is 558 g/mol. The molecule has 3 atom stereocenters. The van der Waals surface area contributed by atoms with Gasteiger partial charge in [-0.15, -0.1) is 0 Å². The van der Waals surface area contributed by atoms with E-state index >= 15 is 0 Å². The molecule has 0 saturated carbocycles. The third kappa shape index (κ3) is 8.33. The second kappa shape index (κ2) is 14.6. The molecule has 4 N–H and O–H groups in total. The van der Waals surface area contributed by atoms with Crippen LogP contribution in [0.25, 0.3) is 0 Å². The maximum atomic E-state index is 13.8. The summed E-state index contributed by atoms with van der Waals surface area (Å²) in [4.78, 5) is 53.8. The first-order valence-electron chi connectivity index (χ1n) is 15.6. The Labute approximate surface area is 259 Å². The molecule has 1 spiro atoms. The van der Waals surface area contributed by atoms with E-state index in [9.17, 15) is 19.2 Å². The number of ether oxygens (including phenoxy) is 1. The van der Waals surface area contributed by atoms with Gasteiger partial charge in [0.05, 0.1) is 12.0 Å². The molecule has 0 aromatic heterocycles. The van der Waals surface area contributed by atoms with E-state index in [0.717, 1.165) is 12.0 Å². The van der Waals surface area contributed by atoms with Gasteiger partial charge in [-0.3, -0.25) is 24.1 Å². The largest absolute Gasteiger partial charge is 0.381 e. The first kappa shape index (κ1) is 31.4. The Bertz CT molecular complexity index is 1340. The molecular formula is C34H43N5O5. The first-order chi connectivity index (χ1) is 21.3. The predicted octanol–water partition coefficient (Wildman–Crippen LogP) is 3.26. The van der Waals surface area contributed by atoms with Crippen molar-refractivity contribution in [2.75, 3.05) is 43.5 Å². The van der Waals surface area contributed by atoms with Gasteiger partial charge in [-0.25, -0.2) is 0 Å². The lowest BCUT2D eigenvalue weighted by molar-refractivity contribution is -0.140. The van der Waals surface area contributed by atoms with Gasteiger partial charge in [0.25, 0.3) is 0 Å². The van der Waals surface area contributed by atoms with Crippen molar-refractivity contribution in [1.82, 2.24) is 15.5 Å². The summed E-state index contributed by atoms with van der Waals surface area (Å²) < 4.78 is 5.60. The van der Waals surface area contributed by atoms with Gasteiger partial charge in [0.2, 0.25) is 23.6 Å². The molecule has 10 nitrogen and oxygen atoms in total. The number of hydrogen-bond acceptors (Lipinski definition) is 6. The van der Waals surface area contributed by atoms with Gasteiger partial charge in [0, 0.05) is 57.1 Å². The number of likely N-dealkylation sites (tertiary alicyclic amines) is 1. The second-order valence-electron chi connectivity index (χ2n) is 12.2. The summed E-state index contributed by atoms with van der Waals surface area (Å²) in [6.07, 6.45) is 7.96. The van der Waals surface area contributed by atoms with Crippen LogP contribution < -0.4 is 21.3 Å². The average molecular weight is 602 g/mol. The van der Waals surface area contributed by atoms with Crippen LogP contribution in [0.1, 0.15) is 44.6 Å². The normalized spacial score (nSPS) is 24.9. The monoisotopic (exact) mass is 601 g/mol. The fourth-order valence-electron chi connectivity index (χ4n) is 6.44. The Kier molecular flexibility index (Phi) is 10.4. The predicted molar refractivity (Wildman–Crippen MR) is 169 cm³/mol. The summed E-state index contributed by atoms with van der Waals surface area (Å²) in [7, 11) is 0. The van der Waals surface area contributed by atoms with Gasteiger partial charge in [0.1, 0.15) is 6.04 Å². The number of benzene rings is 2. The quantitative estimate of drug-likeness (QED) is 0.377. The fourth-order valence-corrected chi connectivity index (χ4v) is 6.44. The van der Waals surface area contributed by atoms with Crippen molar-refractivity contribution in [2.24, 2.45) is 11.3 Å². The second-order valence-corrected chi connectivity index (χ2v) is 12.2. The van der Waals surface area contributed by atoms with Crippen molar-refractivity contribution in [1.29, 1.82) is 0 Å². The minimum absolute atomic E-state index is 0.0700. The van der Waals surface area contributed by atoms with E-state index in [2.05, 4.69) is 38.3 Å². The molecule has 3 heterocycles. The molecule has 10 heteroatoms. The number of nitrogens with zero attached hydrogens (tertiary/aromatic N) is 1. The number of anilines is 2. The van der Waals surface area contributed by atoms with Crippen LogP contribution in [0.2, 0.25) is 0 Å². The van der Waals surface area contributed by atoms with Crippen LogP contribution in [-0.4, -0.2) is 73.5 Å². The summed E-state index contributed by atoms with van der Waals surface area (Å²) in [5.41, 5.74) is 1.72. The summed E-state index contributed by atoms with van der Waals surface area (Å²) in [5.74, 6) is -0.396. The van der Waals surface area contributed by atoms with Crippen LogP contribution in [0.15, 0.2) is 66.7 Å². The maximum Gasteiger partial charge on any atom is 0.243 e. The Morgan fingerprint density at radius 2 is 1.66 bits per heavy atom. The van der Waals surface area contributed by atoms with E-state index < -0.39 is 11.5 Å². The number of amides is 4. The van der Waals surface area contributed by atoms with Gasteiger partial charge >= 0.3 is 0 Å². The van der Waals surface area contributed by atoms with Gasteiger partial charge in [-0.05, 0) is 67.9 Å². The van der Waals surface area contributed by atoms with E-state index in [-0.39, 0.29) is 42.1 Å². The maximum absolute atomic E-state index is 13.8. The molecule has 234 valence electrons. The summed E-state index contributed by atoms with van der Waals surface area (Å²) >= 11 is 0. The highest BCUT2D eigenvalue weighted by Gasteiger charge is 2.41. The fraction of sp³-hybridized carbons (Fsp3) is 0.471. The molecule has 0 bridgehead atoms. The van der Waals surface area contributed by atoms with Crippen molar-refractivity contribution < 1.29 is 23.9 Å². The van der Waals surface area contributed by atoms with Crippen molar-refractivity contribution in [3.63, 3.8) is 0 Å². The third-order valence-corrected chi connectivity index (χ3v) is 8.95. The smallest absolute Gasteiger partial charge is 0.243 e. The zero-order chi connectivity index (χ0) is 30.9. The number of hydrogen-bond donors (Lipinski definition) is 4. The molecule has 3 aliphatic heterocycles. The molecule has 0 unspecified atom stereocenters. The highest BCUT2D eigenvalue weighted by atomic mass is 16.5. The summed E-state index contributed by atoms with van der Waals surface area (Å²) in [6, 6.07) is 16.1. The highest BCUT2D eigenvalue weighted by molar-refractivity contribution is 5.93. The molecule has 2 aromatic carbocycles. The lowest BCUT2D eigenvalue weighted by Gasteiger charge is -2.40. The van der Waals surface area contributed by atoms with Gasteiger partial charge in [-0.1, -0.05) is 42.5 Å². The molecule has 44 heavy (non-hydrogen) atoms. The molecule has 0 radical (unpaired) electrons. The van der Waals surface area contributed by atoms with E-state index in [1.54, 1.807) is 24.3 Å². The van der Waals surface area contributed by atoms with Gasteiger partial charge in [-0.2, -0.15) is 0 Å². The Morgan fingerprint density at radius 1 is 0.955 bits per heavy atom. The van der Waals surface area contributed by atoms with Crippen molar-refractivity contribution >= 4 is 35.0 Å². The van der Waals surface area contributed by atoms with Crippen molar-refractivity contribution in [3.05, 3.63) is 72.3 Å². The lowest BCUT2D eigenvalue weighted by Crippen LogP contribution is -2.58. The van der Waals surface area contributed by atoms with Crippen LogP contribution >= 0.6 is 0 Å². The van der Waals surface area contributed by atoms with Crippen LogP contribution in [-0.2, 0) is 30.3 Å². The minimum atomic E-state index is -0.686. The van der Waals surface area contributed by atoms with Gasteiger partial charge in [0.15, 0.2) is 0 Å². The van der Waals surface area contributed by atoms with Crippen LogP contribution in [0, 0.1) is 11.3 Å². The van der Waals surface area contributed by atoms with Crippen molar-refractivity contribution in [2.45, 2.75) is 57.5 Å². The van der Waals surface area contributed by atoms with Gasteiger partial charge < -0.3 is 26.0 Å². The lowest BCUT2D eigenvalue weighted by atomic mass is 9.75. The van der Waals surface area contributed by atoms with Crippen LogP contribution in [0.5, 0.6) is 0 Å². The van der Waals surface area contributed by atoms with E-state index in [1.807, 2.05) is 30.3 Å².